The van der Waals surface area contributed by atoms with E-state index in [0.717, 1.165) is 27.8 Å². The van der Waals surface area contributed by atoms with Gasteiger partial charge in [0.1, 0.15) is 0 Å². The molecule has 0 radical (unpaired) electrons. The molecule has 0 aliphatic heterocycles. The lowest BCUT2D eigenvalue weighted by Gasteiger charge is -2.10. The Balaban J connectivity index is 1.88. The van der Waals surface area contributed by atoms with Crippen LogP contribution in [0.15, 0.2) is 104 Å². The highest BCUT2D eigenvalue weighted by Gasteiger charge is 2.13. The molecule has 0 atom stereocenters. The summed E-state index contributed by atoms with van der Waals surface area (Å²) in [5.41, 5.74) is 5.93. The van der Waals surface area contributed by atoms with E-state index in [1.165, 1.54) is 5.56 Å². The van der Waals surface area contributed by atoms with E-state index in [4.69, 9.17) is 26.6 Å². The maximum absolute atomic E-state index is 6.21. The van der Waals surface area contributed by atoms with Crippen molar-refractivity contribution >= 4 is 17.2 Å². The van der Waals surface area contributed by atoms with Crippen LogP contribution in [0.5, 0.6) is 0 Å². The van der Waals surface area contributed by atoms with Crippen molar-refractivity contribution in [3.63, 3.8) is 0 Å². The number of halogens is 1. The van der Waals surface area contributed by atoms with Crippen molar-refractivity contribution in [2.45, 2.75) is 13.8 Å². The van der Waals surface area contributed by atoms with Crippen molar-refractivity contribution in [1.82, 2.24) is 15.0 Å². The Morgan fingerprint density at radius 2 is 1.42 bits per heavy atom. The van der Waals surface area contributed by atoms with Gasteiger partial charge in [-0.25, -0.2) is 15.0 Å². The summed E-state index contributed by atoms with van der Waals surface area (Å²) in [5, 5.41) is 0.701. The average molecular weight is 450 g/mol. The van der Waals surface area contributed by atoms with Gasteiger partial charge >= 0.3 is 0 Å². The topological polar surface area (TPSA) is 38.7 Å². The van der Waals surface area contributed by atoms with Gasteiger partial charge in [0.15, 0.2) is 17.5 Å². The van der Waals surface area contributed by atoms with Crippen LogP contribution in [0.2, 0.25) is 5.02 Å². The molecule has 0 aliphatic rings. The summed E-state index contributed by atoms with van der Waals surface area (Å²) in [6.07, 6.45) is 7.63. The molecule has 1 aromatic heterocycles. The van der Waals surface area contributed by atoms with E-state index in [1.54, 1.807) is 6.08 Å². The lowest BCUT2D eigenvalue weighted by atomic mass is 10.0. The minimum atomic E-state index is 0.580. The van der Waals surface area contributed by atoms with Gasteiger partial charge in [-0.15, -0.1) is 0 Å². The predicted octanol–water partition coefficient (Wildman–Crippen LogP) is 7.98. The van der Waals surface area contributed by atoms with Gasteiger partial charge in [0.2, 0.25) is 0 Å². The fraction of sp³-hybridized carbons (Fsp3) is 0.0690. The van der Waals surface area contributed by atoms with E-state index in [9.17, 15) is 0 Å². The second kappa shape index (κ2) is 10.2. The molecule has 4 aromatic rings. The summed E-state index contributed by atoms with van der Waals surface area (Å²) < 4.78 is 0. The zero-order valence-corrected chi connectivity index (χ0v) is 19.4. The van der Waals surface area contributed by atoms with Crippen LogP contribution in [0, 0.1) is 6.92 Å². The zero-order chi connectivity index (χ0) is 23.2. The van der Waals surface area contributed by atoms with E-state index < -0.39 is 0 Å². The summed E-state index contributed by atoms with van der Waals surface area (Å²) in [7, 11) is 0. The van der Waals surface area contributed by atoms with Crippen molar-refractivity contribution in [3.05, 3.63) is 120 Å². The molecule has 0 saturated heterocycles. The molecule has 0 fully saturated rings. The van der Waals surface area contributed by atoms with Crippen molar-refractivity contribution in [1.29, 1.82) is 0 Å². The molecule has 0 spiro atoms. The molecule has 4 rings (SSSR count). The number of aromatic nitrogens is 3. The molecule has 0 saturated carbocycles. The molecule has 4 heteroatoms. The summed E-state index contributed by atoms with van der Waals surface area (Å²) >= 11 is 6.21. The lowest BCUT2D eigenvalue weighted by molar-refractivity contribution is 1.04. The maximum atomic E-state index is 6.21. The SMILES string of the molecule is C=C/C(=C\C=C/C)c1nc(-c2ccc(C)cc2)nc(-c2cccc(-c3cccc(Cl)c3)c2)n1. The third-order valence-corrected chi connectivity index (χ3v) is 5.41. The number of hydrogen-bond donors (Lipinski definition) is 0. The maximum Gasteiger partial charge on any atom is 0.164 e. The third-order valence-electron chi connectivity index (χ3n) is 5.17. The molecule has 3 aromatic carbocycles. The predicted molar refractivity (Wildman–Crippen MR) is 139 cm³/mol. The van der Waals surface area contributed by atoms with Crippen molar-refractivity contribution < 1.29 is 0 Å². The Kier molecular flexibility index (Phi) is 6.92. The van der Waals surface area contributed by atoms with Crippen LogP contribution in [0.4, 0.5) is 0 Å². The second-order valence-corrected chi connectivity index (χ2v) is 8.05. The van der Waals surface area contributed by atoms with Gasteiger partial charge < -0.3 is 0 Å². The smallest absolute Gasteiger partial charge is 0.164 e. The van der Waals surface area contributed by atoms with Gasteiger partial charge in [0, 0.05) is 21.7 Å². The lowest BCUT2D eigenvalue weighted by Crippen LogP contribution is -2.02. The fourth-order valence-corrected chi connectivity index (χ4v) is 3.60. The molecule has 1 heterocycles. The average Bonchev–Trinajstić information content (AvgIpc) is 2.85. The number of nitrogens with zero attached hydrogens (tertiary/aromatic N) is 3. The molecule has 0 aliphatic carbocycles. The Morgan fingerprint density at radius 3 is 2.09 bits per heavy atom. The van der Waals surface area contributed by atoms with Gasteiger partial charge in [-0.2, -0.15) is 0 Å². The first-order chi connectivity index (χ1) is 16.1. The summed E-state index contributed by atoms with van der Waals surface area (Å²) in [6, 6.07) is 24.1. The van der Waals surface area contributed by atoms with Crippen molar-refractivity contribution in [2.75, 3.05) is 0 Å². The molecule has 0 amide bonds. The van der Waals surface area contributed by atoms with Crippen LogP contribution >= 0.6 is 11.6 Å². The number of aryl methyl sites for hydroxylation is 1. The molecular weight excluding hydrogens is 426 g/mol. The van der Waals surface area contributed by atoms with Crippen LogP contribution < -0.4 is 0 Å². The molecule has 162 valence electrons. The molecule has 0 bridgehead atoms. The zero-order valence-electron chi connectivity index (χ0n) is 18.7. The summed E-state index contributed by atoms with van der Waals surface area (Å²) in [5.74, 6) is 1.81. The quantitative estimate of drug-likeness (QED) is 0.280. The van der Waals surface area contributed by atoms with Crippen LogP contribution in [0.3, 0.4) is 0 Å². The van der Waals surface area contributed by atoms with Crippen LogP contribution in [0.1, 0.15) is 18.3 Å². The molecule has 0 unspecified atom stereocenters. The first-order valence-electron chi connectivity index (χ1n) is 10.7. The second-order valence-electron chi connectivity index (χ2n) is 7.62. The highest BCUT2D eigenvalue weighted by atomic mass is 35.5. The van der Waals surface area contributed by atoms with E-state index >= 15 is 0 Å². The van der Waals surface area contributed by atoms with E-state index in [0.29, 0.717) is 22.5 Å². The van der Waals surface area contributed by atoms with Gasteiger partial charge in [0.05, 0.1) is 0 Å². The molecular formula is C29H24ClN3. The van der Waals surface area contributed by atoms with Crippen LogP contribution in [-0.2, 0) is 0 Å². The van der Waals surface area contributed by atoms with E-state index in [-0.39, 0.29) is 0 Å². The fourth-order valence-electron chi connectivity index (χ4n) is 3.41. The van der Waals surface area contributed by atoms with Gasteiger partial charge in [-0.05, 0) is 43.2 Å². The van der Waals surface area contributed by atoms with Crippen molar-refractivity contribution in [2.24, 2.45) is 0 Å². The standard InChI is InChI=1S/C29H24ClN3/c1-4-6-9-21(5-2)27-31-28(22-16-14-20(3)15-17-22)33-29(32-27)25-12-7-10-23(18-25)24-11-8-13-26(30)19-24/h4-19H,2H2,1,3H3/b6-4-,21-9+. The molecule has 3 nitrogen and oxygen atoms in total. The van der Waals surface area contributed by atoms with Gasteiger partial charge in [0.25, 0.3) is 0 Å². The highest BCUT2D eigenvalue weighted by molar-refractivity contribution is 6.30. The van der Waals surface area contributed by atoms with Gasteiger partial charge in [-0.1, -0.05) is 103 Å². The van der Waals surface area contributed by atoms with E-state index in [1.807, 2.05) is 73.7 Å². The van der Waals surface area contributed by atoms with Crippen LogP contribution in [0.25, 0.3) is 39.5 Å². The molecule has 0 N–H and O–H groups in total. The summed E-state index contributed by atoms with van der Waals surface area (Å²) in [4.78, 5) is 14.4. The minimum absolute atomic E-state index is 0.580. The Morgan fingerprint density at radius 1 is 0.788 bits per heavy atom. The van der Waals surface area contributed by atoms with Gasteiger partial charge in [-0.3, -0.25) is 0 Å². The minimum Gasteiger partial charge on any atom is -0.208 e. The van der Waals surface area contributed by atoms with Crippen LogP contribution in [-0.4, -0.2) is 15.0 Å². The summed E-state index contributed by atoms with van der Waals surface area (Å²) in [6.45, 7) is 7.98. The number of hydrogen-bond acceptors (Lipinski definition) is 3. The largest absolute Gasteiger partial charge is 0.208 e. The Hall–Kier alpha value is -3.82. The highest BCUT2D eigenvalue weighted by Crippen LogP contribution is 2.28. The first-order valence-corrected chi connectivity index (χ1v) is 11.1. The molecule has 33 heavy (non-hydrogen) atoms. The number of benzene rings is 3. The third kappa shape index (κ3) is 5.33. The monoisotopic (exact) mass is 449 g/mol. The number of rotatable bonds is 6. The Labute approximate surface area is 199 Å². The first kappa shape index (κ1) is 22.4. The van der Waals surface area contributed by atoms with Crippen molar-refractivity contribution in [3.8, 4) is 33.9 Å². The van der Waals surface area contributed by atoms with E-state index in [2.05, 4.69) is 37.8 Å². The number of allylic oxidation sites excluding steroid dienone is 5. The Bertz CT molecular complexity index is 1350. The normalized spacial score (nSPS) is 11.7.